The van der Waals surface area contributed by atoms with Crippen molar-refractivity contribution in [3.63, 3.8) is 0 Å². The van der Waals surface area contributed by atoms with Crippen molar-refractivity contribution in [3.8, 4) is 0 Å². The first-order valence-corrected chi connectivity index (χ1v) is 7.47. The van der Waals surface area contributed by atoms with Crippen LogP contribution in [0.15, 0.2) is 0 Å². The maximum absolute atomic E-state index is 12.1. The fourth-order valence-corrected chi connectivity index (χ4v) is 3.97. The van der Waals surface area contributed by atoms with Crippen LogP contribution in [0.25, 0.3) is 0 Å². The third kappa shape index (κ3) is 2.94. The van der Waals surface area contributed by atoms with E-state index in [1.807, 2.05) is 0 Å². The standard InChI is InChI=1S/C10H20N2O3S/c13-8-6-10-3-1-2-7-12(10)16(14,15)11-9-4-5-9/h9-11,13H,1-8H2. The molecule has 1 unspecified atom stereocenters. The summed E-state index contributed by atoms with van der Waals surface area (Å²) in [6.07, 6.45) is 5.31. The molecule has 1 saturated carbocycles. The van der Waals surface area contributed by atoms with E-state index in [1.165, 1.54) is 0 Å². The molecule has 2 aliphatic rings. The van der Waals surface area contributed by atoms with Crippen LogP contribution in [0.1, 0.15) is 38.5 Å². The van der Waals surface area contributed by atoms with Crippen LogP contribution in [0.3, 0.4) is 0 Å². The van der Waals surface area contributed by atoms with Gasteiger partial charge in [-0.2, -0.15) is 17.4 Å². The number of aliphatic hydroxyl groups excluding tert-OH is 1. The van der Waals surface area contributed by atoms with Gasteiger partial charge in [-0.25, -0.2) is 0 Å². The second-order valence-corrected chi connectivity index (χ2v) is 6.32. The van der Waals surface area contributed by atoms with Crippen molar-refractivity contribution in [1.29, 1.82) is 0 Å². The molecule has 0 radical (unpaired) electrons. The largest absolute Gasteiger partial charge is 0.396 e. The molecule has 0 amide bonds. The van der Waals surface area contributed by atoms with Gasteiger partial charge < -0.3 is 5.11 Å². The number of aliphatic hydroxyl groups is 1. The molecule has 0 aromatic rings. The summed E-state index contributed by atoms with van der Waals surface area (Å²) in [5, 5.41) is 8.95. The van der Waals surface area contributed by atoms with Crippen LogP contribution in [-0.2, 0) is 10.2 Å². The summed E-state index contributed by atoms with van der Waals surface area (Å²) >= 11 is 0. The van der Waals surface area contributed by atoms with E-state index in [-0.39, 0.29) is 18.7 Å². The molecule has 0 spiro atoms. The molecule has 2 N–H and O–H groups in total. The zero-order valence-electron chi connectivity index (χ0n) is 9.43. The lowest BCUT2D eigenvalue weighted by atomic mass is 10.0. The fourth-order valence-electron chi connectivity index (χ4n) is 2.21. The highest BCUT2D eigenvalue weighted by Crippen LogP contribution is 2.25. The van der Waals surface area contributed by atoms with Gasteiger partial charge in [0.15, 0.2) is 0 Å². The van der Waals surface area contributed by atoms with Crippen molar-refractivity contribution in [3.05, 3.63) is 0 Å². The molecule has 1 aliphatic heterocycles. The van der Waals surface area contributed by atoms with Crippen LogP contribution in [0.2, 0.25) is 0 Å². The molecular weight excluding hydrogens is 228 g/mol. The normalized spacial score (nSPS) is 28.2. The summed E-state index contributed by atoms with van der Waals surface area (Å²) in [7, 11) is -3.32. The number of nitrogens with one attached hydrogen (secondary N) is 1. The Hall–Kier alpha value is -0.170. The molecule has 16 heavy (non-hydrogen) atoms. The molecular formula is C10H20N2O3S. The van der Waals surface area contributed by atoms with Crippen molar-refractivity contribution >= 4 is 10.2 Å². The zero-order chi connectivity index (χ0) is 11.6. The Labute approximate surface area is 97.0 Å². The van der Waals surface area contributed by atoms with E-state index in [1.54, 1.807) is 4.31 Å². The van der Waals surface area contributed by atoms with E-state index in [0.29, 0.717) is 13.0 Å². The van der Waals surface area contributed by atoms with Crippen LogP contribution in [0.4, 0.5) is 0 Å². The number of hydrogen-bond acceptors (Lipinski definition) is 3. The molecule has 1 saturated heterocycles. The third-order valence-corrected chi connectivity index (χ3v) is 4.97. The van der Waals surface area contributed by atoms with Gasteiger partial charge >= 0.3 is 0 Å². The van der Waals surface area contributed by atoms with Crippen molar-refractivity contribution < 1.29 is 13.5 Å². The Morgan fingerprint density at radius 1 is 1.25 bits per heavy atom. The lowest BCUT2D eigenvalue weighted by molar-refractivity contribution is 0.191. The fraction of sp³-hybridized carbons (Fsp3) is 1.00. The molecule has 5 nitrogen and oxygen atoms in total. The highest BCUT2D eigenvalue weighted by molar-refractivity contribution is 7.87. The van der Waals surface area contributed by atoms with Gasteiger partial charge in [-0.3, -0.25) is 0 Å². The lowest BCUT2D eigenvalue weighted by Crippen LogP contribution is -2.49. The van der Waals surface area contributed by atoms with E-state index in [2.05, 4.69) is 4.72 Å². The SMILES string of the molecule is O=S(=O)(NC1CC1)N1CCCCC1CCO. The van der Waals surface area contributed by atoms with Gasteiger partial charge in [-0.15, -0.1) is 0 Å². The molecule has 0 bridgehead atoms. The number of piperidine rings is 1. The predicted molar refractivity (Wildman–Crippen MR) is 61.1 cm³/mol. The van der Waals surface area contributed by atoms with Crippen LogP contribution in [-0.4, -0.2) is 43.1 Å². The van der Waals surface area contributed by atoms with Gasteiger partial charge in [-0.05, 0) is 32.1 Å². The Bertz CT molecular complexity index is 325. The number of hydrogen-bond donors (Lipinski definition) is 2. The van der Waals surface area contributed by atoms with Gasteiger partial charge in [-0.1, -0.05) is 6.42 Å². The van der Waals surface area contributed by atoms with Crippen molar-refractivity contribution in [2.24, 2.45) is 0 Å². The summed E-state index contributed by atoms with van der Waals surface area (Å²) in [6.45, 7) is 0.646. The maximum Gasteiger partial charge on any atom is 0.279 e. The molecule has 6 heteroatoms. The van der Waals surface area contributed by atoms with Crippen LogP contribution in [0.5, 0.6) is 0 Å². The van der Waals surface area contributed by atoms with Crippen LogP contribution >= 0.6 is 0 Å². The van der Waals surface area contributed by atoms with Crippen molar-refractivity contribution in [2.45, 2.75) is 50.6 Å². The monoisotopic (exact) mass is 248 g/mol. The smallest absolute Gasteiger partial charge is 0.279 e. The lowest BCUT2D eigenvalue weighted by Gasteiger charge is -2.34. The first kappa shape index (κ1) is 12.3. The highest BCUT2D eigenvalue weighted by Gasteiger charge is 2.35. The predicted octanol–water partition coefficient (Wildman–Crippen LogP) is 0.220. The molecule has 0 aromatic carbocycles. The Balaban J connectivity index is 2.02. The highest BCUT2D eigenvalue weighted by atomic mass is 32.2. The molecule has 2 fully saturated rings. The maximum atomic E-state index is 12.1. The van der Waals surface area contributed by atoms with Gasteiger partial charge in [0.05, 0.1) is 0 Å². The van der Waals surface area contributed by atoms with Gasteiger partial charge in [0, 0.05) is 25.2 Å². The molecule has 1 atom stereocenters. The average molecular weight is 248 g/mol. The van der Waals surface area contributed by atoms with E-state index < -0.39 is 10.2 Å². The zero-order valence-corrected chi connectivity index (χ0v) is 10.2. The summed E-state index contributed by atoms with van der Waals surface area (Å²) in [5.74, 6) is 0. The Morgan fingerprint density at radius 3 is 2.62 bits per heavy atom. The minimum atomic E-state index is -3.32. The van der Waals surface area contributed by atoms with E-state index in [9.17, 15) is 8.42 Å². The van der Waals surface area contributed by atoms with Crippen molar-refractivity contribution in [2.75, 3.05) is 13.2 Å². The topological polar surface area (TPSA) is 69.6 Å². The summed E-state index contributed by atoms with van der Waals surface area (Å²) in [5.41, 5.74) is 0. The van der Waals surface area contributed by atoms with Crippen LogP contribution < -0.4 is 4.72 Å². The molecule has 0 aromatic heterocycles. The first-order valence-electron chi connectivity index (χ1n) is 6.03. The summed E-state index contributed by atoms with van der Waals surface area (Å²) in [4.78, 5) is 0. The minimum absolute atomic E-state index is 0.0185. The Kier molecular flexibility index (Phi) is 3.84. The summed E-state index contributed by atoms with van der Waals surface area (Å²) < 4.78 is 28.4. The Morgan fingerprint density at radius 2 is 2.00 bits per heavy atom. The second-order valence-electron chi connectivity index (χ2n) is 4.67. The van der Waals surface area contributed by atoms with Gasteiger partial charge in [0.1, 0.15) is 0 Å². The molecule has 1 aliphatic carbocycles. The molecule has 1 heterocycles. The van der Waals surface area contributed by atoms with Gasteiger partial charge in [0.2, 0.25) is 0 Å². The summed E-state index contributed by atoms with van der Waals surface area (Å²) in [6, 6.07) is 0.136. The van der Waals surface area contributed by atoms with E-state index >= 15 is 0 Å². The first-order chi connectivity index (χ1) is 7.63. The molecule has 2 rings (SSSR count). The third-order valence-electron chi connectivity index (χ3n) is 3.24. The number of rotatable bonds is 5. The molecule has 94 valence electrons. The number of nitrogens with zero attached hydrogens (tertiary/aromatic N) is 1. The average Bonchev–Trinajstić information content (AvgIpc) is 3.02. The van der Waals surface area contributed by atoms with E-state index in [0.717, 1.165) is 32.1 Å². The minimum Gasteiger partial charge on any atom is -0.396 e. The van der Waals surface area contributed by atoms with Crippen molar-refractivity contribution in [1.82, 2.24) is 9.03 Å². The van der Waals surface area contributed by atoms with Gasteiger partial charge in [0.25, 0.3) is 10.2 Å². The van der Waals surface area contributed by atoms with Crippen LogP contribution in [0, 0.1) is 0 Å². The quantitative estimate of drug-likeness (QED) is 0.731. The second kappa shape index (κ2) is 5.00. The van der Waals surface area contributed by atoms with E-state index in [4.69, 9.17) is 5.11 Å².